The zero-order valence-corrected chi connectivity index (χ0v) is 9.66. The average molecular weight is 222 g/mol. The minimum Gasteiger partial charge on any atom is -0.304 e. The molecular formula is C10H14N4S. The van der Waals surface area contributed by atoms with Crippen molar-refractivity contribution in [1.29, 1.82) is 0 Å². The molecule has 0 fully saturated rings. The van der Waals surface area contributed by atoms with Crippen molar-refractivity contribution >= 4 is 11.3 Å². The van der Waals surface area contributed by atoms with Gasteiger partial charge in [-0.05, 0) is 13.0 Å². The third-order valence-corrected chi connectivity index (χ3v) is 3.15. The van der Waals surface area contributed by atoms with Gasteiger partial charge in [-0.25, -0.2) is 0 Å². The average Bonchev–Trinajstić information content (AvgIpc) is 2.84. The standard InChI is InChI=1S/C10H14N4S/c1-8(10-3-4-13-14(10)2)12-6-9-5-11-7-15-9/h3-5,7-8,12H,6H2,1-2H3. The van der Waals surface area contributed by atoms with Gasteiger partial charge in [0.15, 0.2) is 0 Å². The molecule has 4 nitrogen and oxygen atoms in total. The maximum absolute atomic E-state index is 4.15. The Morgan fingerprint density at radius 1 is 1.60 bits per heavy atom. The Morgan fingerprint density at radius 2 is 2.47 bits per heavy atom. The van der Waals surface area contributed by atoms with E-state index in [0.29, 0.717) is 6.04 Å². The fourth-order valence-electron chi connectivity index (χ4n) is 1.50. The van der Waals surface area contributed by atoms with Crippen LogP contribution in [-0.4, -0.2) is 14.8 Å². The Hall–Kier alpha value is -1.20. The van der Waals surface area contributed by atoms with E-state index in [4.69, 9.17) is 0 Å². The highest BCUT2D eigenvalue weighted by atomic mass is 32.1. The molecule has 2 heterocycles. The van der Waals surface area contributed by atoms with Crippen LogP contribution in [0.4, 0.5) is 0 Å². The molecule has 0 bridgehead atoms. The predicted octanol–water partition coefficient (Wildman–Crippen LogP) is 1.73. The minimum atomic E-state index is 0.305. The summed E-state index contributed by atoms with van der Waals surface area (Å²) in [6, 6.07) is 2.34. The van der Waals surface area contributed by atoms with E-state index in [9.17, 15) is 0 Å². The smallest absolute Gasteiger partial charge is 0.0794 e. The first-order valence-corrected chi connectivity index (χ1v) is 5.74. The number of aryl methyl sites for hydroxylation is 1. The molecule has 0 aliphatic carbocycles. The topological polar surface area (TPSA) is 42.7 Å². The van der Waals surface area contributed by atoms with E-state index < -0.39 is 0 Å². The van der Waals surface area contributed by atoms with Crippen LogP contribution in [0.2, 0.25) is 0 Å². The second kappa shape index (κ2) is 4.55. The van der Waals surface area contributed by atoms with Gasteiger partial charge in [-0.1, -0.05) is 0 Å². The molecule has 0 radical (unpaired) electrons. The van der Waals surface area contributed by atoms with Crippen LogP contribution in [0.15, 0.2) is 24.0 Å². The molecule has 80 valence electrons. The zero-order chi connectivity index (χ0) is 10.7. The van der Waals surface area contributed by atoms with Crippen molar-refractivity contribution in [3.8, 4) is 0 Å². The van der Waals surface area contributed by atoms with Crippen molar-refractivity contribution in [2.45, 2.75) is 19.5 Å². The molecule has 2 rings (SSSR count). The number of hydrogen-bond acceptors (Lipinski definition) is 4. The predicted molar refractivity (Wildman–Crippen MR) is 60.6 cm³/mol. The van der Waals surface area contributed by atoms with Crippen molar-refractivity contribution in [2.24, 2.45) is 7.05 Å². The van der Waals surface area contributed by atoms with E-state index in [-0.39, 0.29) is 0 Å². The van der Waals surface area contributed by atoms with Crippen LogP contribution in [-0.2, 0) is 13.6 Å². The highest BCUT2D eigenvalue weighted by molar-refractivity contribution is 7.09. The number of nitrogens with zero attached hydrogens (tertiary/aromatic N) is 3. The van der Waals surface area contributed by atoms with Gasteiger partial charge in [0, 0.05) is 36.9 Å². The van der Waals surface area contributed by atoms with Gasteiger partial charge in [-0.3, -0.25) is 9.67 Å². The molecule has 0 spiro atoms. The largest absolute Gasteiger partial charge is 0.304 e. The number of aromatic nitrogens is 3. The molecule has 0 aliphatic rings. The first-order valence-electron chi connectivity index (χ1n) is 4.86. The molecule has 1 N–H and O–H groups in total. The summed E-state index contributed by atoms with van der Waals surface area (Å²) in [6.45, 7) is 3.00. The van der Waals surface area contributed by atoms with Crippen LogP contribution in [0.25, 0.3) is 0 Å². The monoisotopic (exact) mass is 222 g/mol. The van der Waals surface area contributed by atoms with Crippen molar-refractivity contribution < 1.29 is 0 Å². The highest BCUT2D eigenvalue weighted by Gasteiger charge is 2.08. The van der Waals surface area contributed by atoms with Gasteiger partial charge in [-0.2, -0.15) is 5.10 Å². The number of hydrogen-bond donors (Lipinski definition) is 1. The third kappa shape index (κ3) is 2.43. The number of nitrogens with one attached hydrogen (secondary N) is 1. The van der Waals surface area contributed by atoms with E-state index in [1.54, 1.807) is 11.3 Å². The summed E-state index contributed by atoms with van der Waals surface area (Å²) in [5.41, 5.74) is 3.05. The van der Waals surface area contributed by atoms with Gasteiger partial charge in [0.2, 0.25) is 0 Å². The van der Waals surface area contributed by atoms with Gasteiger partial charge in [-0.15, -0.1) is 11.3 Å². The van der Waals surface area contributed by atoms with E-state index in [2.05, 4.69) is 22.3 Å². The van der Waals surface area contributed by atoms with Gasteiger partial charge >= 0.3 is 0 Å². The molecule has 2 aromatic rings. The third-order valence-electron chi connectivity index (χ3n) is 2.37. The second-order valence-corrected chi connectivity index (χ2v) is 4.42. The zero-order valence-electron chi connectivity index (χ0n) is 8.84. The van der Waals surface area contributed by atoms with Gasteiger partial charge in [0.05, 0.1) is 11.2 Å². The normalized spacial score (nSPS) is 12.9. The lowest BCUT2D eigenvalue weighted by atomic mass is 10.2. The lowest BCUT2D eigenvalue weighted by Gasteiger charge is -2.12. The molecular weight excluding hydrogens is 208 g/mol. The van der Waals surface area contributed by atoms with Gasteiger partial charge < -0.3 is 5.32 Å². The number of rotatable bonds is 4. The Kier molecular flexibility index (Phi) is 3.13. The lowest BCUT2D eigenvalue weighted by Crippen LogP contribution is -2.19. The molecule has 1 atom stereocenters. The van der Waals surface area contributed by atoms with Crippen LogP contribution in [0.3, 0.4) is 0 Å². The summed E-state index contributed by atoms with van der Waals surface area (Å²) in [7, 11) is 1.96. The highest BCUT2D eigenvalue weighted by Crippen LogP contribution is 2.12. The fraction of sp³-hybridized carbons (Fsp3) is 0.400. The van der Waals surface area contributed by atoms with E-state index in [0.717, 1.165) is 6.54 Å². The Labute approximate surface area is 93.0 Å². The van der Waals surface area contributed by atoms with Crippen molar-refractivity contribution in [2.75, 3.05) is 0 Å². The Bertz CT molecular complexity index is 407. The molecule has 15 heavy (non-hydrogen) atoms. The minimum absolute atomic E-state index is 0.305. The van der Waals surface area contributed by atoms with Crippen molar-refractivity contribution in [3.63, 3.8) is 0 Å². The number of thiazole rings is 1. The maximum atomic E-state index is 4.15. The van der Waals surface area contributed by atoms with E-state index in [1.165, 1.54) is 10.6 Å². The first-order chi connectivity index (χ1) is 7.27. The summed E-state index contributed by atoms with van der Waals surface area (Å²) in [5.74, 6) is 0. The molecule has 1 unspecified atom stereocenters. The summed E-state index contributed by atoms with van der Waals surface area (Å²) in [4.78, 5) is 5.30. The summed E-state index contributed by atoms with van der Waals surface area (Å²) in [5, 5.41) is 7.59. The molecule has 0 saturated heterocycles. The van der Waals surface area contributed by atoms with Gasteiger partial charge in [0.25, 0.3) is 0 Å². The summed E-state index contributed by atoms with van der Waals surface area (Å²) in [6.07, 6.45) is 3.72. The fourth-order valence-corrected chi connectivity index (χ4v) is 2.04. The molecule has 0 aliphatic heterocycles. The molecule has 0 aromatic carbocycles. The van der Waals surface area contributed by atoms with Crippen molar-refractivity contribution in [1.82, 2.24) is 20.1 Å². The maximum Gasteiger partial charge on any atom is 0.0794 e. The van der Waals surface area contributed by atoms with Crippen LogP contribution in [0.5, 0.6) is 0 Å². The van der Waals surface area contributed by atoms with Crippen LogP contribution >= 0.6 is 11.3 Å². The first kappa shape index (κ1) is 10.3. The van der Waals surface area contributed by atoms with E-state index >= 15 is 0 Å². The van der Waals surface area contributed by atoms with Crippen LogP contribution < -0.4 is 5.32 Å². The lowest BCUT2D eigenvalue weighted by molar-refractivity contribution is 0.532. The van der Waals surface area contributed by atoms with Crippen LogP contribution in [0, 0.1) is 0 Å². The Balaban J connectivity index is 1.93. The molecule has 5 heteroatoms. The second-order valence-electron chi connectivity index (χ2n) is 3.45. The summed E-state index contributed by atoms with van der Waals surface area (Å²) < 4.78 is 1.89. The molecule has 0 amide bonds. The molecule has 0 saturated carbocycles. The van der Waals surface area contributed by atoms with Crippen LogP contribution in [0.1, 0.15) is 23.5 Å². The summed E-state index contributed by atoms with van der Waals surface area (Å²) >= 11 is 1.67. The molecule has 2 aromatic heterocycles. The SMILES string of the molecule is CC(NCc1cncs1)c1ccnn1C. The van der Waals surface area contributed by atoms with Gasteiger partial charge in [0.1, 0.15) is 0 Å². The Morgan fingerprint density at radius 3 is 3.07 bits per heavy atom. The quantitative estimate of drug-likeness (QED) is 0.856. The van der Waals surface area contributed by atoms with E-state index in [1.807, 2.05) is 35.7 Å². The van der Waals surface area contributed by atoms with Crippen molar-refractivity contribution in [3.05, 3.63) is 34.5 Å².